The van der Waals surface area contributed by atoms with Crippen molar-refractivity contribution < 1.29 is 22.8 Å². The minimum Gasteiger partial charge on any atom is -0.335 e. The lowest BCUT2D eigenvalue weighted by Crippen LogP contribution is -2.47. The van der Waals surface area contributed by atoms with Crippen LogP contribution in [-0.2, 0) is 12.6 Å². The van der Waals surface area contributed by atoms with E-state index in [1.807, 2.05) is 36.4 Å². The molecule has 206 valence electrons. The molecule has 1 aliphatic heterocycles. The fourth-order valence-corrected chi connectivity index (χ4v) is 5.75. The molecule has 0 unspecified atom stereocenters. The zero-order valence-corrected chi connectivity index (χ0v) is 22.7. The van der Waals surface area contributed by atoms with E-state index in [1.54, 1.807) is 36.2 Å². The predicted octanol–water partition coefficient (Wildman–Crippen LogP) is 7.95. The van der Waals surface area contributed by atoms with Gasteiger partial charge in [-0.2, -0.15) is 13.2 Å². The standard InChI is InChI=1S/C32H28ClF3N2O2/c1-20-14-23(19-24(15-20)32(34,35)36)31(40)38-13-11-22(17-26(38)16-21-6-8-25(33)9-7-21)18-30(39)28-10-12-37-29-5-3-2-4-27(28)29/h2-10,12,14-15,19,22,26H,11,13,16-18H2,1H3/t22-,26+/m0/s1. The van der Waals surface area contributed by atoms with Gasteiger partial charge >= 0.3 is 6.18 Å². The number of ketones is 1. The first kappa shape index (κ1) is 27.8. The number of para-hydroxylation sites is 1. The number of hydrogen-bond acceptors (Lipinski definition) is 3. The number of hydrogen-bond donors (Lipinski definition) is 0. The lowest BCUT2D eigenvalue weighted by atomic mass is 9.83. The van der Waals surface area contributed by atoms with Crippen molar-refractivity contribution in [1.29, 1.82) is 0 Å². The molecule has 8 heteroatoms. The second kappa shape index (κ2) is 11.4. The lowest BCUT2D eigenvalue weighted by molar-refractivity contribution is -0.137. The van der Waals surface area contributed by atoms with E-state index in [0.717, 1.165) is 28.6 Å². The van der Waals surface area contributed by atoms with Crippen LogP contribution in [0.5, 0.6) is 0 Å². The number of nitrogens with zero attached hydrogens (tertiary/aromatic N) is 2. The molecule has 0 bridgehead atoms. The zero-order chi connectivity index (χ0) is 28.4. The van der Waals surface area contributed by atoms with Crippen molar-refractivity contribution in [2.45, 2.75) is 44.8 Å². The molecule has 0 N–H and O–H groups in total. The quantitative estimate of drug-likeness (QED) is 0.223. The molecule has 4 aromatic rings. The van der Waals surface area contributed by atoms with Gasteiger partial charge in [0.1, 0.15) is 0 Å². The number of aryl methyl sites for hydroxylation is 1. The molecule has 1 fully saturated rings. The van der Waals surface area contributed by atoms with Crippen LogP contribution in [0.15, 0.2) is 79.0 Å². The highest BCUT2D eigenvalue weighted by Gasteiger charge is 2.35. The van der Waals surface area contributed by atoms with Gasteiger partial charge in [0, 0.05) is 46.7 Å². The molecule has 0 radical (unpaired) electrons. The number of carbonyl (C=O) groups excluding carboxylic acids is 2. The monoisotopic (exact) mass is 564 g/mol. The molecule has 1 saturated heterocycles. The molecule has 4 nitrogen and oxygen atoms in total. The van der Waals surface area contributed by atoms with E-state index in [1.165, 1.54) is 6.07 Å². The maximum absolute atomic E-state index is 13.6. The number of amides is 1. The van der Waals surface area contributed by atoms with Gasteiger partial charge in [0.2, 0.25) is 0 Å². The molecular formula is C32H28ClF3N2O2. The Balaban J connectivity index is 1.40. The van der Waals surface area contributed by atoms with Crippen molar-refractivity contribution in [2.24, 2.45) is 5.92 Å². The van der Waals surface area contributed by atoms with Gasteiger partial charge in [0.15, 0.2) is 5.78 Å². The third-order valence-corrected chi connectivity index (χ3v) is 7.80. The minimum absolute atomic E-state index is 0.0159. The summed E-state index contributed by atoms with van der Waals surface area (Å²) in [5.74, 6) is -0.399. The number of benzene rings is 3. The fourth-order valence-electron chi connectivity index (χ4n) is 5.62. The SMILES string of the molecule is Cc1cc(C(=O)N2CC[C@H](CC(=O)c3ccnc4ccccc34)C[C@H]2Cc2ccc(Cl)cc2)cc(C(F)(F)F)c1. The number of piperidine rings is 1. The van der Waals surface area contributed by atoms with Crippen molar-refractivity contribution in [3.8, 4) is 0 Å². The van der Waals surface area contributed by atoms with Crippen LogP contribution in [0.4, 0.5) is 13.2 Å². The second-order valence-electron chi connectivity index (χ2n) is 10.5. The number of fused-ring (bicyclic) bond motifs is 1. The Hall–Kier alpha value is -3.71. The van der Waals surface area contributed by atoms with E-state index in [9.17, 15) is 22.8 Å². The van der Waals surface area contributed by atoms with E-state index < -0.39 is 17.6 Å². The summed E-state index contributed by atoms with van der Waals surface area (Å²) in [4.78, 5) is 33.1. The van der Waals surface area contributed by atoms with Gasteiger partial charge in [-0.1, -0.05) is 41.9 Å². The molecule has 1 aromatic heterocycles. The summed E-state index contributed by atoms with van der Waals surface area (Å²) in [6.07, 6.45) is -0.957. The molecule has 2 heterocycles. The van der Waals surface area contributed by atoms with Crippen LogP contribution in [0.1, 0.15) is 56.7 Å². The zero-order valence-electron chi connectivity index (χ0n) is 21.9. The summed E-state index contributed by atoms with van der Waals surface area (Å²) in [7, 11) is 0. The van der Waals surface area contributed by atoms with Crippen molar-refractivity contribution in [3.63, 3.8) is 0 Å². The van der Waals surface area contributed by atoms with Gasteiger partial charge in [0.25, 0.3) is 5.91 Å². The molecular weight excluding hydrogens is 537 g/mol. The van der Waals surface area contributed by atoms with Crippen molar-refractivity contribution in [1.82, 2.24) is 9.88 Å². The number of likely N-dealkylation sites (tertiary alicyclic amines) is 1. The largest absolute Gasteiger partial charge is 0.416 e. The Morgan fingerprint density at radius 1 is 1.02 bits per heavy atom. The first-order valence-electron chi connectivity index (χ1n) is 13.2. The highest BCUT2D eigenvalue weighted by molar-refractivity contribution is 6.30. The van der Waals surface area contributed by atoms with Crippen LogP contribution in [0, 0.1) is 12.8 Å². The maximum atomic E-state index is 13.6. The molecule has 0 spiro atoms. The molecule has 2 atom stereocenters. The van der Waals surface area contributed by atoms with Gasteiger partial charge in [-0.3, -0.25) is 14.6 Å². The topological polar surface area (TPSA) is 50.3 Å². The Morgan fingerprint density at radius 3 is 2.52 bits per heavy atom. The second-order valence-corrected chi connectivity index (χ2v) is 10.9. The number of alkyl halides is 3. The summed E-state index contributed by atoms with van der Waals surface area (Å²) in [6.45, 7) is 1.90. The van der Waals surface area contributed by atoms with Crippen LogP contribution in [0.3, 0.4) is 0 Å². The summed E-state index contributed by atoms with van der Waals surface area (Å²) in [6, 6.07) is 19.8. The van der Waals surface area contributed by atoms with Crippen LogP contribution in [0.2, 0.25) is 5.02 Å². The summed E-state index contributed by atoms with van der Waals surface area (Å²) < 4.78 is 40.5. The number of carbonyl (C=O) groups is 2. The van der Waals surface area contributed by atoms with E-state index >= 15 is 0 Å². The molecule has 5 rings (SSSR count). The Labute approximate surface area is 235 Å². The maximum Gasteiger partial charge on any atom is 0.416 e. The molecule has 0 saturated carbocycles. The normalized spacial score (nSPS) is 17.7. The van der Waals surface area contributed by atoms with E-state index in [0.29, 0.717) is 48.4 Å². The van der Waals surface area contributed by atoms with Gasteiger partial charge in [-0.15, -0.1) is 0 Å². The number of pyridine rings is 1. The third kappa shape index (κ3) is 6.20. The Kier molecular flexibility index (Phi) is 7.95. The third-order valence-electron chi connectivity index (χ3n) is 7.55. The van der Waals surface area contributed by atoms with Crippen molar-refractivity contribution in [2.75, 3.05) is 6.54 Å². The van der Waals surface area contributed by atoms with Gasteiger partial charge in [-0.05, 0) is 85.7 Å². The van der Waals surface area contributed by atoms with Gasteiger partial charge < -0.3 is 4.90 Å². The number of aromatic nitrogens is 1. The van der Waals surface area contributed by atoms with E-state index in [4.69, 9.17) is 11.6 Å². The summed E-state index contributed by atoms with van der Waals surface area (Å²) in [5, 5.41) is 1.40. The molecule has 40 heavy (non-hydrogen) atoms. The number of halogens is 4. The smallest absolute Gasteiger partial charge is 0.335 e. The highest BCUT2D eigenvalue weighted by Crippen LogP contribution is 2.34. The highest BCUT2D eigenvalue weighted by atomic mass is 35.5. The lowest BCUT2D eigenvalue weighted by Gasteiger charge is -2.40. The van der Waals surface area contributed by atoms with Crippen molar-refractivity contribution >= 4 is 34.2 Å². The van der Waals surface area contributed by atoms with Crippen LogP contribution >= 0.6 is 11.6 Å². The first-order chi connectivity index (χ1) is 19.1. The summed E-state index contributed by atoms with van der Waals surface area (Å²) in [5.41, 5.74) is 1.89. The molecule has 3 aromatic carbocycles. The fraction of sp³-hybridized carbons (Fsp3) is 0.281. The molecule has 0 aliphatic carbocycles. The average molecular weight is 565 g/mol. The van der Waals surface area contributed by atoms with Gasteiger partial charge in [-0.25, -0.2) is 0 Å². The Bertz CT molecular complexity index is 1550. The predicted molar refractivity (Wildman–Crippen MR) is 150 cm³/mol. The van der Waals surface area contributed by atoms with Crippen LogP contribution < -0.4 is 0 Å². The number of Topliss-reactive ketones (excluding diaryl/α,β-unsaturated/α-hetero) is 1. The van der Waals surface area contributed by atoms with Crippen LogP contribution in [-0.4, -0.2) is 34.2 Å². The van der Waals surface area contributed by atoms with E-state index in [2.05, 4.69) is 4.98 Å². The Morgan fingerprint density at radius 2 is 1.77 bits per heavy atom. The number of rotatable bonds is 6. The van der Waals surface area contributed by atoms with Crippen LogP contribution in [0.25, 0.3) is 10.9 Å². The van der Waals surface area contributed by atoms with Crippen molar-refractivity contribution in [3.05, 3.63) is 112 Å². The first-order valence-corrected chi connectivity index (χ1v) is 13.6. The molecule has 1 aliphatic rings. The van der Waals surface area contributed by atoms with Gasteiger partial charge in [0.05, 0.1) is 11.1 Å². The average Bonchev–Trinajstić information content (AvgIpc) is 2.93. The van der Waals surface area contributed by atoms with E-state index in [-0.39, 0.29) is 23.3 Å². The summed E-state index contributed by atoms with van der Waals surface area (Å²) >= 11 is 6.06. The minimum atomic E-state index is -4.55. The molecule has 1 amide bonds.